The molecule has 2 aliphatic rings. The molecule has 2 fully saturated rings. The van der Waals surface area contributed by atoms with E-state index in [1.54, 1.807) is 6.07 Å². The molecule has 0 aromatic carbocycles. The normalized spacial score (nSPS) is 19.8. The number of anilines is 1. The van der Waals surface area contributed by atoms with E-state index >= 15 is 0 Å². The fourth-order valence-electron chi connectivity index (χ4n) is 2.76. The molecule has 0 saturated carbocycles. The van der Waals surface area contributed by atoms with Gasteiger partial charge >= 0.3 is 12.0 Å². The Hall–Kier alpha value is -2.77. The summed E-state index contributed by atoms with van der Waals surface area (Å²) in [7, 11) is 1.20. The summed E-state index contributed by atoms with van der Waals surface area (Å²) < 4.78 is 10.2. The van der Waals surface area contributed by atoms with Crippen molar-refractivity contribution in [1.82, 2.24) is 10.2 Å². The Labute approximate surface area is 139 Å². The Kier molecular flexibility index (Phi) is 4.54. The maximum Gasteiger partial charge on any atom is 0.329 e. The van der Waals surface area contributed by atoms with Crippen molar-refractivity contribution in [2.24, 2.45) is 0 Å². The Morgan fingerprint density at radius 2 is 2.04 bits per heavy atom. The number of carbonyl (C=O) groups is 3. The van der Waals surface area contributed by atoms with Crippen LogP contribution in [-0.4, -0.2) is 49.6 Å². The maximum atomic E-state index is 12.2. The molecule has 2 saturated heterocycles. The Balaban J connectivity index is 1.72. The summed E-state index contributed by atoms with van der Waals surface area (Å²) in [4.78, 5) is 38.2. The monoisotopic (exact) mass is 333 g/mol. The number of urea groups is 1. The molecular formula is C16H19N3O5. The largest absolute Gasteiger partial charge is 0.468 e. The van der Waals surface area contributed by atoms with Crippen LogP contribution in [0.1, 0.15) is 25.0 Å². The number of esters is 1. The number of hydrogen-bond donors (Lipinski definition) is 1. The van der Waals surface area contributed by atoms with E-state index in [0.717, 1.165) is 36.7 Å². The number of imide groups is 1. The molecule has 0 atom stereocenters. The van der Waals surface area contributed by atoms with E-state index in [0.29, 0.717) is 5.76 Å². The van der Waals surface area contributed by atoms with Crippen LogP contribution in [0, 0.1) is 0 Å². The van der Waals surface area contributed by atoms with Gasteiger partial charge in [0.15, 0.2) is 5.88 Å². The second-order valence-corrected chi connectivity index (χ2v) is 5.68. The van der Waals surface area contributed by atoms with E-state index in [1.165, 1.54) is 19.6 Å². The van der Waals surface area contributed by atoms with Crippen LogP contribution in [-0.2, 0) is 14.3 Å². The molecule has 8 nitrogen and oxygen atoms in total. The molecule has 128 valence electrons. The molecule has 3 amide bonds. The maximum absolute atomic E-state index is 12.2. The van der Waals surface area contributed by atoms with Crippen molar-refractivity contribution < 1.29 is 23.5 Å². The summed E-state index contributed by atoms with van der Waals surface area (Å²) in [5, 5.41) is 2.44. The van der Waals surface area contributed by atoms with Gasteiger partial charge in [-0.2, -0.15) is 0 Å². The van der Waals surface area contributed by atoms with Crippen molar-refractivity contribution in [3.8, 4) is 0 Å². The molecule has 3 rings (SSSR count). The fraction of sp³-hybridized carbons (Fsp3) is 0.438. The van der Waals surface area contributed by atoms with Gasteiger partial charge in [0.25, 0.3) is 5.91 Å². The van der Waals surface area contributed by atoms with E-state index in [-0.39, 0.29) is 5.70 Å². The Bertz CT molecular complexity index is 688. The van der Waals surface area contributed by atoms with Gasteiger partial charge in [-0.05, 0) is 25.3 Å². The third-order valence-electron chi connectivity index (χ3n) is 4.04. The molecule has 0 spiro atoms. The van der Waals surface area contributed by atoms with Crippen molar-refractivity contribution in [1.29, 1.82) is 0 Å². The van der Waals surface area contributed by atoms with E-state index in [1.807, 2.05) is 6.07 Å². The topological polar surface area (TPSA) is 92.1 Å². The van der Waals surface area contributed by atoms with Gasteiger partial charge in [0.05, 0.1) is 7.11 Å². The predicted molar refractivity (Wildman–Crippen MR) is 85.0 cm³/mol. The molecule has 8 heteroatoms. The fourth-order valence-corrected chi connectivity index (χ4v) is 2.76. The van der Waals surface area contributed by atoms with Crippen LogP contribution in [0.2, 0.25) is 0 Å². The summed E-state index contributed by atoms with van der Waals surface area (Å²) in [6.07, 6.45) is 4.96. The van der Waals surface area contributed by atoms with Crippen molar-refractivity contribution in [2.45, 2.75) is 19.3 Å². The zero-order chi connectivity index (χ0) is 17.1. The van der Waals surface area contributed by atoms with Crippen molar-refractivity contribution in [3.05, 3.63) is 23.6 Å². The number of piperidine rings is 1. The van der Waals surface area contributed by atoms with Gasteiger partial charge in [0.2, 0.25) is 0 Å². The third-order valence-corrected chi connectivity index (χ3v) is 4.04. The summed E-state index contributed by atoms with van der Waals surface area (Å²) in [6, 6.07) is 2.95. The highest BCUT2D eigenvalue weighted by Crippen LogP contribution is 2.24. The molecule has 0 bridgehead atoms. The number of furan rings is 1. The first kappa shape index (κ1) is 16.1. The van der Waals surface area contributed by atoms with Gasteiger partial charge in [-0.1, -0.05) is 0 Å². The smallest absolute Gasteiger partial charge is 0.329 e. The quantitative estimate of drug-likeness (QED) is 0.508. The summed E-state index contributed by atoms with van der Waals surface area (Å²) in [5.41, 5.74) is 0.0726. The third kappa shape index (κ3) is 3.27. The van der Waals surface area contributed by atoms with Crippen molar-refractivity contribution in [2.75, 3.05) is 31.6 Å². The molecule has 0 radical (unpaired) electrons. The number of ether oxygens (including phenoxy) is 1. The molecule has 24 heavy (non-hydrogen) atoms. The zero-order valence-corrected chi connectivity index (χ0v) is 13.4. The molecule has 2 aliphatic heterocycles. The van der Waals surface area contributed by atoms with Gasteiger partial charge in [-0.25, -0.2) is 9.69 Å². The van der Waals surface area contributed by atoms with Crippen LogP contribution in [0.3, 0.4) is 0 Å². The number of amides is 3. The molecule has 1 aromatic rings. The lowest BCUT2D eigenvalue weighted by Crippen LogP contribution is -2.36. The minimum absolute atomic E-state index is 0.0726. The Morgan fingerprint density at radius 3 is 2.75 bits per heavy atom. The van der Waals surface area contributed by atoms with E-state index in [2.05, 4.69) is 15.0 Å². The SMILES string of the molecule is COC(=O)CN1C(=O)N/C(=C/c2ccc(N3CCCCC3)o2)C1=O. The highest BCUT2D eigenvalue weighted by atomic mass is 16.5. The second kappa shape index (κ2) is 6.77. The number of carbonyl (C=O) groups excluding carboxylic acids is 3. The van der Waals surface area contributed by atoms with Crippen LogP contribution < -0.4 is 10.2 Å². The van der Waals surface area contributed by atoms with Crippen LogP contribution in [0.5, 0.6) is 0 Å². The van der Waals surface area contributed by atoms with Gasteiger partial charge < -0.3 is 19.4 Å². The van der Waals surface area contributed by atoms with Crippen molar-refractivity contribution >= 4 is 29.9 Å². The average molecular weight is 333 g/mol. The number of nitrogens with zero attached hydrogens (tertiary/aromatic N) is 2. The highest BCUT2D eigenvalue weighted by Gasteiger charge is 2.35. The summed E-state index contributed by atoms with van der Waals surface area (Å²) >= 11 is 0. The van der Waals surface area contributed by atoms with E-state index < -0.39 is 24.5 Å². The molecule has 1 aromatic heterocycles. The standard InChI is InChI=1S/C16H19N3O5/c1-23-14(20)10-19-15(21)12(17-16(19)22)9-11-5-6-13(24-11)18-7-3-2-4-8-18/h5-6,9H,2-4,7-8,10H2,1H3,(H,17,22)/b12-9+. The van der Waals surface area contributed by atoms with Crippen LogP contribution in [0.25, 0.3) is 6.08 Å². The first-order valence-electron chi connectivity index (χ1n) is 7.84. The molecule has 0 unspecified atom stereocenters. The molecular weight excluding hydrogens is 314 g/mol. The van der Waals surface area contributed by atoms with E-state index in [4.69, 9.17) is 4.42 Å². The first-order chi connectivity index (χ1) is 11.6. The lowest BCUT2D eigenvalue weighted by Gasteiger charge is -2.25. The molecule has 3 heterocycles. The van der Waals surface area contributed by atoms with Crippen molar-refractivity contribution in [3.63, 3.8) is 0 Å². The molecule has 0 aliphatic carbocycles. The average Bonchev–Trinajstić information content (AvgIpc) is 3.16. The lowest BCUT2D eigenvalue weighted by atomic mass is 10.1. The minimum atomic E-state index is -0.662. The van der Waals surface area contributed by atoms with Crippen LogP contribution in [0.15, 0.2) is 22.2 Å². The predicted octanol–water partition coefficient (Wildman–Crippen LogP) is 1.34. The second-order valence-electron chi connectivity index (χ2n) is 5.68. The van der Waals surface area contributed by atoms with Gasteiger partial charge in [0, 0.05) is 25.2 Å². The summed E-state index contributed by atoms with van der Waals surface area (Å²) in [6.45, 7) is 1.48. The Morgan fingerprint density at radius 1 is 1.29 bits per heavy atom. The van der Waals surface area contributed by atoms with Crippen LogP contribution in [0.4, 0.5) is 10.7 Å². The van der Waals surface area contributed by atoms with E-state index in [9.17, 15) is 14.4 Å². The number of rotatable bonds is 4. The van der Waals surface area contributed by atoms with Gasteiger partial charge in [-0.3, -0.25) is 9.59 Å². The minimum Gasteiger partial charge on any atom is -0.468 e. The first-order valence-corrected chi connectivity index (χ1v) is 7.84. The van der Waals surface area contributed by atoms with Crippen LogP contribution >= 0.6 is 0 Å². The number of hydrogen-bond acceptors (Lipinski definition) is 6. The zero-order valence-electron chi connectivity index (χ0n) is 13.4. The number of nitrogens with one attached hydrogen (secondary N) is 1. The highest BCUT2D eigenvalue weighted by molar-refractivity contribution is 6.15. The lowest BCUT2D eigenvalue weighted by molar-refractivity contribution is -0.143. The van der Waals surface area contributed by atoms with Gasteiger partial charge in [0.1, 0.15) is 18.0 Å². The summed E-state index contributed by atoms with van der Waals surface area (Å²) in [5.74, 6) is -0.0182. The molecule has 1 N–H and O–H groups in total. The number of methoxy groups -OCH3 is 1. The van der Waals surface area contributed by atoms with Gasteiger partial charge in [-0.15, -0.1) is 0 Å².